The topological polar surface area (TPSA) is 40.5 Å². The van der Waals surface area contributed by atoms with Gasteiger partial charge in [0.25, 0.3) is 0 Å². The van der Waals surface area contributed by atoms with Crippen LogP contribution in [0.25, 0.3) is 0 Å². The van der Waals surface area contributed by atoms with Gasteiger partial charge in [0.05, 0.1) is 5.60 Å². The third-order valence-corrected chi connectivity index (χ3v) is 2.81. The lowest BCUT2D eigenvalue weighted by atomic mass is 10.1. The molecule has 1 amide bonds. The van der Waals surface area contributed by atoms with E-state index in [1.54, 1.807) is 18.7 Å². The molecule has 17 heavy (non-hydrogen) atoms. The van der Waals surface area contributed by atoms with Gasteiger partial charge in [0.1, 0.15) is 0 Å². The van der Waals surface area contributed by atoms with Crippen LogP contribution in [0.15, 0.2) is 0 Å². The molecule has 102 valence electrons. The van der Waals surface area contributed by atoms with E-state index in [1.807, 2.05) is 6.92 Å². The van der Waals surface area contributed by atoms with Crippen molar-refractivity contribution in [2.24, 2.45) is 0 Å². The number of hydrogen-bond donors (Lipinski definition) is 1. The first kappa shape index (κ1) is 16.4. The van der Waals surface area contributed by atoms with Crippen molar-refractivity contribution in [2.45, 2.75) is 71.8 Å². The van der Waals surface area contributed by atoms with Crippen LogP contribution >= 0.6 is 0 Å². The monoisotopic (exact) mass is 243 g/mol. The molecule has 3 nitrogen and oxygen atoms in total. The van der Waals surface area contributed by atoms with Gasteiger partial charge in [-0.15, -0.1) is 0 Å². The van der Waals surface area contributed by atoms with Gasteiger partial charge in [-0.1, -0.05) is 32.6 Å². The summed E-state index contributed by atoms with van der Waals surface area (Å²) in [5.41, 5.74) is -0.798. The van der Waals surface area contributed by atoms with Gasteiger partial charge in [-0.2, -0.15) is 0 Å². The molecule has 0 saturated carbocycles. The zero-order valence-corrected chi connectivity index (χ0v) is 12.0. The maximum absolute atomic E-state index is 11.9. The minimum absolute atomic E-state index is 0.172. The van der Waals surface area contributed by atoms with E-state index >= 15 is 0 Å². The number of rotatable bonds is 9. The lowest BCUT2D eigenvalue weighted by molar-refractivity contribution is -0.134. The van der Waals surface area contributed by atoms with E-state index in [2.05, 4.69) is 6.92 Å². The Morgan fingerprint density at radius 3 is 2.18 bits per heavy atom. The summed E-state index contributed by atoms with van der Waals surface area (Å²) in [5.74, 6) is 0.172. The molecular weight excluding hydrogens is 214 g/mol. The number of likely N-dealkylation sites (N-methyl/N-ethyl adjacent to an activating group) is 1. The van der Waals surface area contributed by atoms with Crippen LogP contribution in [0.3, 0.4) is 0 Å². The molecule has 0 fully saturated rings. The van der Waals surface area contributed by atoms with Crippen LogP contribution in [0.1, 0.15) is 66.2 Å². The van der Waals surface area contributed by atoms with Gasteiger partial charge in [-0.3, -0.25) is 4.79 Å². The van der Waals surface area contributed by atoms with Crippen molar-refractivity contribution in [1.82, 2.24) is 4.90 Å². The highest BCUT2D eigenvalue weighted by Gasteiger charge is 2.20. The zero-order chi connectivity index (χ0) is 13.3. The first-order valence-electron chi connectivity index (χ1n) is 6.91. The van der Waals surface area contributed by atoms with Crippen molar-refractivity contribution < 1.29 is 9.90 Å². The zero-order valence-electron chi connectivity index (χ0n) is 12.0. The summed E-state index contributed by atoms with van der Waals surface area (Å²) in [5, 5.41) is 9.72. The Morgan fingerprint density at radius 1 is 1.12 bits per heavy atom. The lowest BCUT2D eigenvalue weighted by Crippen LogP contribution is -2.42. The highest BCUT2D eigenvalue weighted by molar-refractivity contribution is 5.76. The number of aliphatic hydroxyl groups is 1. The average molecular weight is 243 g/mol. The molecule has 0 aromatic heterocycles. The van der Waals surface area contributed by atoms with Crippen LogP contribution in [0.4, 0.5) is 0 Å². The van der Waals surface area contributed by atoms with Crippen LogP contribution in [0.5, 0.6) is 0 Å². The quantitative estimate of drug-likeness (QED) is 0.632. The fourth-order valence-corrected chi connectivity index (χ4v) is 1.88. The molecule has 0 spiro atoms. The average Bonchev–Trinajstić information content (AvgIpc) is 2.24. The molecule has 0 unspecified atom stereocenters. The molecule has 3 heteroatoms. The number of unbranched alkanes of at least 4 members (excludes halogenated alkanes) is 4. The normalized spacial score (nSPS) is 11.6. The van der Waals surface area contributed by atoms with Crippen LogP contribution in [-0.4, -0.2) is 34.6 Å². The fourth-order valence-electron chi connectivity index (χ4n) is 1.88. The summed E-state index contributed by atoms with van der Waals surface area (Å²) in [7, 11) is 0. The van der Waals surface area contributed by atoms with Crippen molar-refractivity contribution in [3.8, 4) is 0 Å². The predicted molar refractivity (Wildman–Crippen MR) is 71.9 cm³/mol. The van der Waals surface area contributed by atoms with Gasteiger partial charge >= 0.3 is 0 Å². The highest BCUT2D eigenvalue weighted by Crippen LogP contribution is 2.10. The minimum atomic E-state index is -0.798. The van der Waals surface area contributed by atoms with Gasteiger partial charge in [0.15, 0.2) is 0 Å². The number of carbonyl (C=O) groups is 1. The van der Waals surface area contributed by atoms with E-state index in [9.17, 15) is 9.90 Å². The van der Waals surface area contributed by atoms with Crippen molar-refractivity contribution in [1.29, 1.82) is 0 Å². The van der Waals surface area contributed by atoms with E-state index in [0.717, 1.165) is 12.8 Å². The van der Waals surface area contributed by atoms with Crippen molar-refractivity contribution in [2.75, 3.05) is 13.1 Å². The summed E-state index contributed by atoms with van der Waals surface area (Å²) in [6.45, 7) is 8.73. The maximum Gasteiger partial charge on any atom is 0.222 e. The van der Waals surface area contributed by atoms with E-state index in [-0.39, 0.29) is 5.91 Å². The van der Waals surface area contributed by atoms with Crippen LogP contribution in [0, 0.1) is 0 Å². The molecule has 0 heterocycles. The van der Waals surface area contributed by atoms with Gasteiger partial charge in [-0.05, 0) is 27.2 Å². The number of carbonyl (C=O) groups excluding carboxylic acids is 1. The lowest BCUT2D eigenvalue weighted by Gasteiger charge is -2.28. The third-order valence-electron chi connectivity index (χ3n) is 2.81. The Kier molecular flexibility index (Phi) is 8.23. The fraction of sp³-hybridized carbons (Fsp3) is 0.929. The SMILES string of the molecule is CCCCCCCC(=O)N(CC)CC(C)(C)O. The van der Waals surface area contributed by atoms with Crippen LogP contribution < -0.4 is 0 Å². The molecular formula is C14H29NO2. The second-order valence-corrected chi connectivity index (χ2v) is 5.38. The summed E-state index contributed by atoms with van der Waals surface area (Å²) >= 11 is 0. The first-order valence-corrected chi connectivity index (χ1v) is 6.91. The molecule has 0 rings (SSSR count). The largest absolute Gasteiger partial charge is 0.389 e. The summed E-state index contributed by atoms with van der Waals surface area (Å²) in [4.78, 5) is 13.6. The summed E-state index contributed by atoms with van der Waals surface area (Å²) in [6.07, 6.45) is 6.44. The molecule has 0 aliphatic carbocycles. The standard InChI is InChI=1S/C14H29NO2/c1-5-7-8-9-10-11-13(16)15(6-2)12-14(3,4)17/h17H,5-12H2,1-4H3. The van der Waals surface area contributed by atoms with E-state index < -0.39 is 5.60 Å². The van der Waals surface area contributed by atoms with Gasteiger partial charge in [0, 0.05) is 19.5 Å². The van der Waals surface area contributed by atoms with Crippen molar-refractivity contribution in [3.63, 3.8) is 0 Å². The smallest absolute Gasteiger partial charge is 0.222 e. The van der Waals surface area contributed by atoms with Crippen molar-refractivity contribution >= 4 is 5.91 Å². The van der Waals surface area contributed by atoms with Crippen molar-refractivity contribution in [3.05, 3.63) is 0 Å². The Labute approximate surface area is 106 Å². The molecule has 0 aromatic rings. The Morgan fingerprint density at radius 2 is 1.71 bits per heavy atom. The van der Waals surface area contributed by atoms with E-state index in [4.69, 9.17) is 0 Å². The third kappa shape index (κ3) is 9.16. The molecule has 0 atom stereocenters. The number of nitrogens with zero attached hydrogens (tertiary/aromatic N) is 1. The van der Waals surface area contributed by atoms with Crippen LogP contribution in [0.2, 0.25) is 0 Å². The van der Waals surface area contributed by atoms with Gasteiger partial charge in [-0.25, -0.2) is 0 Å². The highest BCUT2D eigenvalue weighted by atomic mass is 16.3. The molecule has 0 radical (unpaired) electrons. The van der Waals surface area contributed by atoms with Gasteiger partial charge in [0.2, 0.25) is 5.91 Å². The Balaban J connectivity index is 3.85. The first-order chi connectivity index (χ1) is 7.90. The Bertz CT molecular complexity index is 209. The summed E-state index contributed by atoms with van der Waals surface area (Å²) in [6, 6.07) is 0. The van der Waals surface area contributed by atoms with Crippen LogP contribution in [-0.2, 0) is 4.79 Å². The molecule has 0 bridgehead atoms. The molecule has 0 saturated heterocycles. The Hall–Kier alpha value is -0.570. The predicted octanol–water partition coefficient (Wildman–Crippen LogP) is 2.97. The van der Waals surface area contributed by atoms with E-state index in [0.29, 0.717) is 19.5 Å². The molecule has 0 aliphatic rings. The second-order valence-electron chi connectivity index (χ2n) is 5.38. The molecule has 0 aromatic carbocycles. The minimum Gasteiger partial charge on any atom is -0.389 e. The molecule has 0 aliphatic heterocycles. The number of amides is 1. The second kappa shape index (κ2) is 8.51. The van der Waals surface area contributed by atoms with E-state index in [1.165, 1.54) is 19.3 Å². The molecule has 1 N–H and O–H groups in total. The number of hydrogen-bond acceptors (Lipinski definition) is 2. The maximum atomic E-state index is 11.9. The summed E-state index contributed by atoms with van der Waals surface area (Å²) < 4.78 is 0. The van der Waals surface area contributed by atoms with Gasteiger partial charge < -0.3 is 10.0 Å².